The van der Waals surface area contributed by atoms with E-state index in [4.69, 9.17) is 14.2 Å². The van der Waals surface area contributed by atoms with E-state index in [-0.39, 0.29) is 37.5 Å². The lowest BCUT2D eigenvalue weighted by Gasteiger charge is -2.18. The van der Waals surface area contributed by atoms with Gasteiger partial charge in [0.25, 0.3) is 0 Å². The van der Waals surface area contributed by atoms with E-state index in [1.54, 1.807) is 0 Å². The first-order valence-corrected chi connectivity index (χ1v) is 34.0. The molecule has 0 aromatic carbocycles. The Morgan fingerprint density at radius 2 is 0.470 bits per heavy atom. The highest BCUT2D eigenvalue weighted by atomic mass is 16.6. The zero-order valence-corrected chi connectivity index (χ0v) is 53.7. The maximum Gasteiger partial charge on any atom is 0.306 e. The van der Waals surface area contributed by atoms with Crippen LogP contribution in [0, 0.1) is 0 Å². The number of rotatable bonds is 60. The van der Waals surface area contributed by atoms with Gasteiger partial charge in [-0.05, 0) is 148 Å². The summed E-state index contributed by atoms with van der Waals surface area (Å²) in [5.41, 5.74) is 0. The summed E-state index contributed by atoms with van der Waals surface area (Å²) in [6.07, 6.45) is 101. The van der Waals surface area contributed by atoms with Gasteiger partial charge in [-0.15, -0.1) is 0 Å². The Kier molecular flexibility index (Phi) is 65.4. The summed E-state index contributed by atoms with van der Waals surface area (Å²) in [6.45, 7) is 6.35. The summed E-state index contributed by atoms with van der Waals surface area (Å²) < 4.78 is 16.9. The van der Waals surface area contributed by atoms with Crippen molar-refractivity contribution in [2.45, 2.75) is 297 Å². The zero-order chi connectivity index (χ0) is 59.9. The SMILES string of the molecule is CC/C=C\C/C=C\C/C=C\C/C=C\C/C=C\CCCCCC(=O)OCC(COC(=O)CCCCCCCCCCCCCC/C=C\C/C=C\C/C=C\CCCCCCC)OC(=O)CCCCC/C=C\C/C=C\C/C=C\C/C=C\C/C=C\CC. The van der Waals surface area contributed by atoms with Gasteiger partial charge >= 0.3 is 17.9 Å². The van der Waals surface area contributed by atoms with Crippen LogP contribution in [0.2, 0.25) is 0 Å². The number of hydrogen-bond acceptors (Lipinski definition) is 6. The van der Waals surface area contributed by atoms with E-state index >= 15 is 0 Å². The second-order valence-electron chi connectivity index (χ2n) is 22.0. The van der Waals surface area contributed by atoms with Crippen molar-refractivity contribution in [3.63, 3.8) is 0 Å². The predicted molar refractivity (Wildman–Crippen MR) is 362 cm³/mol. The summed E-state index contributed by atoms with van der Waals surface area (Å²) >= 11 is 0. The van der Waals surface area contributed by atoms with Crippen LogP contribution in [0.5, 0.6) is 0 Å². The predicted octanol–water partition coefficient (Wildman–Crippen LogP) is 23.7. The molecule has 0 bridgehead atoms. The fourth-order valence-corrected chi connectivity index (χ4v) is 8.97. The quantitative estimate of drug-likeness (QED) is 0.0261. The maximum atomic E-state index is 12.9. The lowest BCUT2D eigenvalue weighted by atomic mass is 10.0. The minimum absolute atomic E-state index is 0.109. The average Bonchev–Trinajstić information content (AvgIpc) is 3.50. The topological polar surface area (TPSA) is 78.9 Å². The summed E-state index contributed by atoms with van der Waals surface area (Å²) in [5, 5.41) is 0. The second-order valence-corrected chi connectivity index (χ2v) is 22.0. The van der Waals surface area contributed by atoms with Crippen LogP contribution in [0.4, 0.5) is 0 Å². The molecule has 6 heteroatoms. The van der Waals surface area contributed by atoms with Gasteiger partial charge in [0, 0.05) is 19.3 Å². The molecule has 0 fully saturated rings. The van der Waals surface area contributed by atoms with E-state index in [1.807, 2.05) is 0 Å². The normalized spacial score (nSPS) is 13.1. The van der Waals surface area contributed by atoms with Gasteiger partial charge in [-0.3, -0.25) is 14.4 Å². The Morgan fingerprint density at radius 3 is 0.747 bits per heavy atom. The molecule has 0 saturated carbocycles. The van der Waals surface area contributed by atoms with Crippen LogP contribution >= 0.6 is 0 Å². The summed E-state index contributed by atoms with van der Waals surface area (Å²) in [5.74, 6) is -0.976. The number of ether oxygens (including phenoxy) is 3. The van der Waals surface area contributed by atoms with Gasteiger partial charge in [-0.2, -0.15) is 0 Å². The molecular formula is C77H124O6. The van der Waals surface area contributed by atoms with Gasteiger partial charge in [0.1, 0.15) is 13.2 Å². The van der Waals surface area contributed by atoms with Crippen LogP contribution in [0.15, 0.2) is 158 Å². The highest BCUT2D eigenvalue weighted by Gasteiger charge is 2.19. The maximum absolute atomic E-state index is 12.9. The standard InChI is InChI=1S/C77H124O6/c1-4-7-10-13-16-19-22-25-28-31-34-35-36-37-38-39-40-41-44-46-49-52-55-58-61-64-67-70-76(79)82-73-74(83-77(80)71-68-65-62-59-56-53-50-47-43-33-30-27-24-21-18-15-12-9-6-3)72-81-75(78)69-66-63-60-57-54-51-48-45-42-32-29-26-23-20-17-14-11-8-5-2/h8-9,11-12,17-18,20-22,25-27,29-31,34,36-37,42-43,45,47,51,53-54,56,74H,4-7,10,13-16,19,23-24,28,32-33,35,38-41,44,46,48-50,52,55,57-73H2,1-3H3/b11-8-,12-9-,20-17-,21-18-,25-22-,29-26-,30-27-,34-31-,37-36-,45-42-,47-43-,54-51-,56-53-. The molecule has 83 heavy (non-hydrogen) atoms. The van der Waals surface area contributed by atoms with Crippen molar-refractivity contribution in [3.05, 3.63) is 158 Å². The summed E-state index contributed by atoms with van der Waals surface area (Å²) in [4.78, 5) is 38.4. The van der Waals surface area contributed by atoms with Gasteiger partial charge in [-0.1, -0.05) is 281 Å². The molecule has 0 saturated heterocycles. The van der Waals surface area contributed by atoms with Crippen LogP contribution in [0.25, 0.3) is 0 Å². The molecule has 0 aromatic heterocycles. The van der Waals surface area contributed by atoms with Crippen LogP contribution in [0.1, 0.15) is 290 Å². The first-order valence-electron chi connectivity index (χ1n) is 34.0. The minimum Gasteiger partial charge on any atom is -0.462 e. The second kappa shape index (κ2) is 69.5. The van der Waals surface area contributed by atoms with Crippen LogP contribution in [-0.4, -0.2) is 37.2 Å². The third kappa shape index (κ3) is 67.7. The first-order chi connectivity index (χ1) is 41.0. The van der Waals surface area contributed by atoms with E-state index in [2.05, 4.69) is 179 Å². The molecular weight excluding hydrogens is 1020 g/mol. The molecule has 0 rings (SSSR count). The molecule has 1 unspecified atom stereocenters. The smallest absolute Gasteiger partial charge is 0.306 e. The van der Waals surface area contributed by atoms with Crippen LogP contribution in [0.3, 0.4) is 0 Å². The molecule has 0 aliphatic heterocycles. The largest absolute Gasteiger partial charge is 0.462 e. The van der Waals surface area contributed by atoms with Crippen molar-refractivity contribution in [2.75, 3.05) is 13.2 Å². The molecule has 0 aliphatic rings. The molecule has 0 aliphatic carbocycles. The lowest BCUT2D eigenvalue weighted by Crippen LogP contribution is -2.30. The number of unbranched alkanes of at least 4 members (excludes halogenated alkanes) is 23. The third-order valence-electron chi connectivity index (χ3n) is 14.0. The summed E-state index contributed by atoms with van der Waals surface area (Å²) in [6, 6.07) is 0. The van der Waals surface area contributed by atoms with Gasteiger partial charge in [0.05, 0.1) is 0 Å². The minimum atomic E-state index is -0.820. The van der Waals surface area contributed by atoms with Crippen LogP contribution < -0.4 is 0 Å². The van der Waals surface area contributed by atoms with Gasteiger partial charge in [0.2, 0.25) is 0 Å². The highest BCUT2D eigenvalue weighted by molar-refractivity contribution is 5.71. The highest BCUT2D eigenvalue weighted by Crippen LogP contribution is 2.15. The molecule has 6 nitrogen and oxygen atoms in total. The van der Waals surface area contributed by atoms with Crippen molar-refractivity contribution in [2.24, 2.45) is 0 Å². The van der Waals surface area contributed by atoms with E-state index in [0.717, 1.165) is 141 Å². The molecule has 0 spiro atoms. The lowest BCUT2D eigenvalue weighted by molar-refractivity contribution is -0.167. The van der Waals surface area contributed by atoms with Crippen molar-refractivity contribution in [3.8, 4) is 0 Å². The van der Waals surface area contributed by atoms with Crippen molar-refractivity contribution < 1.29 is 28.6 Å². The zero-order valence-electron chi connectivity index (χ0n) is 53.7. The number of carbonyl (C=O) groups excluding carboxylic acids is 3. The molecule has 0 amide bonds. The van der Waals surface area contributed by atoms with E-state index in [0.29, 0.717) is 19.3 Å². The van der Waals surface area contributed by atoms with Crippen molar-refractivity contribution >= 4 is 17.9 Å². The fraction of sp³-hybridized carbons (Fsp3) is 0.623. The number of allylic oxidation sites excluding steroid dienone is 26. The Labute approximate surface area is 511 Å². The fourth-order valence-electron chi connectivity index (χ4n) is 8.97. The Morgan fingerprint density at radius 1 is 0.253 bits per heavy atom. The molecule has 468 valence electrons. The number of hydrogen-bond donors (Lipinski definition) is 0. The first kappa shape index (κ1) is 78.0. The van der Waals surface area contributed by atoms with Crippen LogP contribution in [-0.2, 0) is 28.6 Å². The number of carbonyl (C=O) groups is 3. The van der Waals surface area contributed by atoms with Gasteiger partial charge in [0.15, 0.2) is 6.10 Å². The Bertz CT molecular complexity index is 1840. The Balaban J connectivity index is 4.47. The molecule has 1 atom stereocenters. The molecule has 0 aromatic rings. The van der Waals surface area contributed by atoms with Gasteiger partial charge < -0.3 is 14.2 Å². The molecule has 0 radical (unpaired) electrons. The molecule has 0 heterocycles. The van der Waals surface area contributed by atoms with E-state index in [1.165, 1.54) is 103 Å². The Hall–Kier alpha value is -4.97. The average molecular weight is 1150 g/mol. The van der Waals surface area contributed by atoms with E-state index in [9.17, 15) is 14.4 Å². The monoisotopic (exact) mass is 1140 g/mol. The van der Waals surface area contributed by atoms with Crippen molar-refractivity contribution in [1.82, 2.24) is 0 Å². The number of esters is 3. The van der Waals surface area contributed by atoms with E-state index < -0.39 is 6.10 Å². The molecule has 0 N–H and O–H groups in total. The van der Waals surface area contributed by atoms with Crippen molar-refractivity contribution in [1.29, 1.82) is 0 Å². The third-order valence-corrected chi connectivity index (χ3v) is 14.0. The summed E-state index contributed by atoms with van der Waals surface area (Å²) in [7, 11) is 0. The van der Waals surface area contributed by atoms with Gasteiger partial charge in [-0.25, -0.2) is 0 Å².